The van der Waals surface area contributed by atoms with Gasteiger partial charge in [-0.2, -0.15) is 0 Å². The van der Waals surface area contributed by atoms with Crippen LogP contribution < -0.4 is 0 Å². The van der Waals surface area contributed by atoms with Gasteiger partial charge in [0.2, 0.25) is 0 Å². The van der Waals surface area contributed by atoms with Crippen LogP contribution in [0.15, 0.2) is 0 Å². The van der Waals surface area contributed by atoms with Crippen LogP contribution in [0.3, 0.4) is 0 Å². The highest BCUT2D eigenvalue weighted by molar-refractivity contribution is 5.74. The number of rotatable bonds is 2. The Hall–Kier alpha value is -0.730. The molecule has 0 N–H and O–H groups in total. The Bertz CT molecular complexity index is 162. The van der Waals surface area contributed by atoms with Crippen LogP contribution in [0.4, 0.5) is 4.79 Å². The minimum absolute atomic E-state index is 0.155. The highest BCUT2D eigenvalue weighted by Gasteiger charge is 2.30. The van der Waals surface area contributed by atoms with Crippen molar-refractivity contribution in [3.8, 4) is 0 Å². The Kier molecular flexibility index (Phi) is 2.95. The zero-order valence-corrected chi connectivity index (χ0v) is 8.21. The number of carbonyl (C=O) groups is 1. The van der Waals surface area contributed by atoms with E-state index >= 15 is 0 Å². The molecule has 1 rings (SSSR count). The summed E-state index contributed by atoms with van der Waals surface area (Å²) in [7, 11) is 3.60. The molecular weight excluding hydrogens is 152 g/mol. The lowest BCUT2D eigenvalue weighted by atomic mass is 9.95. The summed E-state index contributed by atoms with van der Waals surface area (Å²) in [6.07, 6.45) is 2.49. The van der Waals surface area contributed by atoms with Gasteiger partial charge in [0, 0.05) is 27.2 Å². The van der Waals surface area contributed by atoms with Gasteiger partial charge < -0.3 is 9.80 Å². The van der Waals surface area contributed by atoms with Gasteiger partial charge in [-0.15, -0.1) is 0 Å². The summed E-state index contributed by atoms with van der Waals surface area (Å²) < 4.78 is 0. The van der Waals surface area contributed by atoms with Crippen molar-refractivity contribution in [2.75, 3.05) is 27.2 Å². The monoisotopic (exact) mass is 170 g/mol. The van der Waals surface area contributed by atoms with Gasteiger partial charge in [0.25, 0.3) is 0 Å². The maximum Gasteiger partial charge on any atom is 0.319 e. The normalized spacial score (nSPS) is 17.4. The number of carbonyl (C=O) groups excluding carboxylic acids is 1. The van der Waals surface area contributed by atoms with Crippen molar-refractivity contribution in [1.29, 1.82) is 0 Å². The van der Waals surface area contributed by atoms with E-state index < -0.39 is 0 Å². The van der Waals surface area contributed by atoms with E-state index in [1.165, 1.54) is 12.8 Å². The molecule has 1 fully saturated rings. The van der Waals surface area contributed by atoms with Crippen LogP contribution in [0.5, 0.6) is 0 Å². The molecule has 0 aromatic heterocycles. The van der Waals surface area contributed by atoms with E-state index in [-0.39, 0.29) is 6.03 Å². The van der Waals surface area contributed by atoms with E-state index in [1.54, 1.807) is 19.0 Å². The summed E-state index contributed by atoms with van der Waals surface area (Å²) in [4.78, 5) is 14.9. The van der Waals surface area contributed by atoms with Crippen molar-refractivity contribution in [2.24, 2.45) is 5.92 Å². The molecule has 0 radical (unpaired) electrons. The number of hydrogen-bond donors (Lipinski definition) is 0. The van der Waals surface area contributed by atoms with Gasteiger partial charge in [-0.05, 0) is 12.3 Å². The van der Waals surface area contributed by atoms with Crippen LogP contribution in [-0.4, -0.2) is 43.0 Å². The molecule has 0 aliphatic carbocycles. The fourth-order valence-electron chi connectivity index (χ4n) is 1.60. The molecule has 0 aromatic rings. The standard InChI is InChI=1S/C9H18N2O/c1-4-5-8-6-11(7-8)9(12)10(2)3/h8H,4-7H2,1-3H3. The molecule has 1 aliphatic rings. The molecule has 3 nitrogen and oxygen atoms in total. The average molecular weight is 170 g/mol. The first-order chi connectivity index (χ1) is 5.65. The van der Waals surface area contributed by atoms with E-state index in [2.05, 4.69) is 6.92 Å². The first kappa shape index (κ1) is 9.36. The van der Waals surface area contributed by atoms with Crippen molar-refractivity contribution in [1.82, 2.24) is 9.80 Å². The summed E-state index contributed by atoms with van der Waals surface area (Å²) in [6, 6.07) is 0.155. The van der Waals surface area contributed by atoms with Crippen molar-refractivity contribution < 1.29 is 4.79 Å². The third-order valence-electron chi connectivity index (χ3n) is 2.31. The number of likely N-dealkylation sites (tertiary alicyclic amines) is 1. The van der Waals surface area contributed by atoms with Gasteiger partial charge in [-0.1, -0.05) is 13.3 Å². The molecule has 0 unspecified atom stereocenters. The zero-order valence-electron chi connectivity index (χ0n) is 8.21. The molecule has 1 saturated heterocycles. The molecule has 0 bridgehead atoms. The number of nitrogens with zero attached hydrogens (tertiary/aromatic N) is 2. The van der Waals surface area contributed by atoms with Crippen molar-refractivity contribution in [2.45, 2.75) is 19.8 Å². The third kappa shape index (κ3) is 1.90. The van der Waals surface area contributed by atoms with Gasteiger partial charge in [-0.3, -0.25) is 0 Å². The fraction of sp³-hybridized carbons (Fsp3) is 0.889. The average Bonchev–Trinajstić information content (AvgIpc) is 1.94. The van der Waals surface area contributed by atoms with Crippen molar-refractivity contribution in [3.05, 3.63) is 0 Å². The Morgan fingerprint density at radius 3 is 2.50 bits per heavy atom. The van der Waals surface area contributed by atoms with Gasteiger partial charge in [0.1, 0.15) is 0 Å². The number of hydrogen-bond acceptors (Lipinski definition) is 1. The Morgan fingerprint density at radius 2 is 2.08 bits per heavy atom. The maximum absolute atomic E-state index is 11.3. The van der Waals surface area contributed by atoms with E-state index in [4.69, 9.17) is 0 Å². The Balaban J connectivity index is 2.20. The van der Waals surface area contributed by atoms with E-state index in [0.717, 1.165) is 19.0 Å². The first-order valence-corrected chi connectivity index (χ1v) is 4.61. The first-order valence-electron chi connectivity index (χ1n) is 4.61. The lowest BCUT2D eigenvalue weighted by molar-refractivity contribution is 0.0970. The molecule has 1 heterocycles. The fourth-order valence-corrected chi connectivity index (χ4v) is 1.60. The van der Waals surface area contributed by atoms with E-state index in [0.29, 0.717) is 0 Å². The predicted molar refractivity (Wildman–Crippen MR) is 49.1 cm³/mol. The topological polar surface area (TPSA) is 23.6 Å². The quantitative estimate of drug-likeness (QED) is 0.614. The smallest absolute Gasteiger partial charge is 0.319 e. The van der Waals surface area contributed by atoms with Crippen LogP contribution in [-0.2, 0) is 0 Å². The third-order valence-corrected chi connectivity index (χ3v) is 2.31. The van der Waals surface area contributed by atoms with Crippen LogP contribution in [0, 0.1) is 5.92 Å². The lowest BCUT2D eigenvalue weighted by Gasteiger charge is -2.40. The lowest BCUT2D eigenvalue weighted by Crippen LogP contribution is -2.53. The predicted octanol–water partition coefficient (Wildman–Crippen LogP) is 1.40. The van der Waals surface area contributed by atoms with Crippen molar-refractivity contribution in [3.63, 3.8) is 0 Å². The molecule has 0 atom stereocenters. The summed E-state index contributed by atoms with van der Waals surface area (Å²) in [5.41, 5.74) is 0. The van der Waals surface area contributed by atoms with E-state index in [1.807, 2.05) is 4.90 Å². The molecule has 12 heavy (non-hydrogen) atoms. The second-order valence-corrected chi connectivity index (χ2v) is 3.74. The second-order valence-electron chi connectivity index (χ2n) is 3.74. The summed E-state index contributed by atoms with van der Waals surface area (Å²) in [5.74, 6) is 0.763. The highest BCUT2D eigenvalue weighted by Crippen LogP contribution is 2.20. The zero-order chi connectivity index (χ0) is 9.14. The number of amides is 2. The molecule has 2 amide bonds. The maximum atomic E-state index is 11.3. The van der Waals surface area contributed by atoms with Gasteiger partial charge in [0.15, 0.2) is 0 Å². The molecule has 70 valence electrons. The Morgan fingerprint density at radius 1 is 1.50 bits per heavy atom. The largest absolute Gasteiger partial charge is 0.331 e. The minimum Gasteiger partial charge on any atom is -0.331 e. The van der Waals surface area contributed by atoms with E-state index in [9.17, 15) is 4.79 Å². The molecule has 3 heteroatoms. The molecular formula is C9H18N2O. The molecule has 0 spiro atoms. The molecule has 0 aromatic carbocycles. The highest BCUT2D eigenvalue weighted by atomic mass is 16.2. The van der Waals surface area contributed by atoms with Crippen LogP contribution in [0.1, 0.15) is 19.8 Å². The summed E-state index contributed by atoms with van der Waals surface area (Å²) >= 11 is 0. The van der Waals surface area contributed by atoms with Crippen LogP contribution in [0.2, 0.25) is 0 Å². The Labute approximate surface area is 74.3 Å². The molecule has 1 aliphatic heterocycles. The van der Waals surface area contributed by atoms with Gasteiger partial charge in [0.05, 0.1) is 0 Å². The minimum atomic E-state index is 0.155. The van der Waals surface area contributed by atoms with Crippen LogP contribution in [0.25, 0.3) is 0 Å². The van der Waals surface area contributed by atoms with Gasteiger partial charge in [-0.25, -0.2) is 4.79 Å². The number of urea groups is 1. The summed E-state index contributed by atoms with van der Waals surface area (Å²) in [6.45, 7) is 4.12. The summed E-state index contributed by atoms with van der Waals surface area (Å²) in [5, 5.41) is 0. The van der Waals surface area contributed by atoms with Crippen LogP contribution >= 0.6 is 0 Å². The van der Waals surface area contributed by atoms with Crippen molar-refractivity contribution >= 4 is 6.03 Å². The SMILES string of the molecule is CCCC1CN(C(=O)N(C)C)C1. The van der Waals surface area contributed by atoms with Gasteiger partial charge >= 0.3 is 6.03 Å². The molecule has 0 saturated carbocycles. The second kappa shape index (κ2) is 3.78.